The molecule has 0 spiro atoms. The highest BCUT2D eigenvalue weighted by Gasteiger charge is 2.28. The Balaban J connectivity index is 2.27. The lowest BCUT2D eigenvalue weighted by molar-refractivity contribution is 0.313. The largest absolute Gasteiger partial charge is 0.494 e. The molecule has 1 unspecified atom stereocenters. The maximum absolute atomic E-state index is 5.87. The summed E-state index contributed by atoms with van der Waals surface area (Å²) in [6.45, 7) is 8.29. The standard InChI is InChI=1S/C18H29NO/c1-4-12-19-18(15-8-6-7-9-15)16-13-14(3)10-11-17(16)20-5-2/h10-11,13,15,18-19H,4-9,12H2,1-3H3. The van der Waals surface area contributed by atoms with Crippen LogP contribution in [-0.2, 0) is 0 Å². The van der Waals surface area contributed by atoms with Gasteiger partial charge in [-0.05, 0) is 51.6 Å². The molecule has 20 heavy (non-hydrogen) atoms. The van der Waals surface area contributed by atoms with Gasteiger partial charge in [-0.25, -0.2) is 0 Å². The molecule has 0 amide bonds. The quantitative estimate of drug-likeness (QED) is 0.783. The van der Waals surface area contributed by atoms with Crippen molar-refractivity contribution < 1.29 is 4.74 Å². The van der Waals surface area contributed by atoms with E-state index in [1.54, 1.807) is 0 Å². The van der Waals surface area contributed by atoms with Gasteiger partial charge >= 0.3 is 0 Å². The summed E-state index contributed by atoms with van der Waals surface area (Å²) >= 11 is 0. The van der Waals surface area contributed by atoms with Gasteiger partial charge in [0, 0.05) is 11.6 Å². The van der Waals surface area contributed by atoms with E-state index in [1.165, 1.54) is 43.2 Å². The third-order valence-electron chi connectivity index (χ3n) is 4.29. The van der Waals surface area contributed by atoms with Gasteiger partial charge in [-0.2, -0.15) is 0 Å². The summed E-state index contributed by atoms with van der Waals surface area (Å²) < 4.78 is 5.87. The van der Waals surface area contributed by atoms with Crippen molar-refractivity contribution in [3.8, 4) is 5.75 Å². The minimum atomic E-state index is 0.457. The summed E-state index contributed by atoms with van der Waals surface area (Å²) in [5.74, 6) is 1.83. The van der Waals surface area contributed by atoms with E-state index < -0.39 is 0 Å². The predicted octanol–water partition coefficient (Wildman–Crippen LogP) is 4.62. The molecule has 2 heteroatoms. The van der Waals surface area contributed by atoms with Gasteiger partial charge in [-0.15, -0.1) is 0 Å². The highest BCUT2D eigenvalue weighted by atomic mass is 16.5. The zero-order valence-corrected chi connectivity index (χ0v) is 13.2. The summed E-state index contributed by atoms with van der Waals surface area (Å²) in [5, 5.41) is 3.77. The lowest BCUT2D eigenvalue weighted by Crippen LogP contribution is -2.28. The van der Waals surface area contributed by atoms with E-state index in [0.29, 0.717) is 6.04 Å². The zero-order valence-electron chi connectivity index (χ0n) is 13.2. The van der Waals surface area contributed by atoms with Gasteiger partial charge in [0.2, 0.25) is 0 Å². The van der Waals surface area contributed by atoms with Crippen molar-refractivity contribution in [3.63, 3.8) is 0 Å². The molecule has 2 rings (SSSR count). The van der Waals surface area contributed by atoms with E-state index in [9.17, 15) is 0 Å². The normalized spacial score (nSPS) is 17.4. The number of rotatable bonds is 7. The Hall–Kier alpha value is -1.02. The van der Waals surface area contributed by atoms with Crippen LogP contribution in [0.2, 0.25) is 0 Å². The van der Waals surface area contributed by atoms with Gasteiger partial charge in [0.1, 0.15) is 5.75 Å². The molecule has 1 saturated carbocycles. The first-order valence-corrected chi connectivity index (χ1v) is 8.23. The third-order valence-corrected chi connectivity index (χ3v) is 4.29. The number of ether oxygens (including phenoxy) is 1. The number of aryl methyl sites for hydroxylation is 1. The van der Waals surface area contributed by atoms with Crippen molar-refractivity contribution in [2.24, 2.45) is 5.92 Å². The van der Waals surface area contributed by atoms with E-state index in [2.05, 4.69) is 44.3 Å². The Morgan fingerprint density at radius 3 is 2.65 bits per heavy atom. The Bertz CT molecular complexity index is 410. The lowest BCUT2D eigenvalue weighted by Gasteiger charge is -2.27. The van der Waals surface area contributed by atoms with Gasteiger partial charge in [0.15, 0.2) is 0 Å². The summed E-state index contributed by atoms with van der Waals surface area (Å²) in [6, 6.07) is 7.07. The minimum absolute atomic E-state index is 0.457. The molecule has 1 aromatic carbocycles. The Labute approximate surface area is 123 Å². The Morgan fingerprint density at radius 2 is 2.00 bits per heavy atom. The van der Waals surface area contributed by atoms with Crippen molar-refractivity contribution in [2.45, 2.75) is 58.9 Å². The van der Waals surface area contributed by atoms with E-state index in [0.717, 1.165) is 24.8 Å². The minimum Gasteiger partial charge on any atom is -0.494 e. The fourth-order valence-electron chi connectivity index (χ4n) is 3.32. The molecule has 1 N–H and O–H groups in total. The molecule has 2 nitrogen and oxygen atoms in total. The van der Waals surface area contributed by atoms with Crippen LogP contribution in [0.15, 0.2) is 18.2 Å². The first-order valence-electron chi connectivity index (χ1n) is 8.23. The van der Waals surface area contributed by atoms with Crippen molar-refractivity contribution in [1.29, 1.82) is 0 Å². The summed E-state index contributed by atoms with van der Waals surface area (Å²) in [7, 11) is 0. The first-order chi connectivity index (χ1) is 9.76. The van der Waals surface area contributed by atoms with E-state index in [-0.39, 0.29) is 0 Å². The van der Waals surface area contributed by atoms with Crippen molar-refractivity contribution in [3.05, 3.63) is 29.3 Å². The van der Waals surface area contributed by atoms with Crippen molar-refractivity contribution in [1.82, 2.24) is 5.32 Å². The van der Waals surface area contributed by atoms with Crippen molar-refractivity contribution >= 4 is 0 Å². The average Bonchev–Trinajstić information content (AvgIpc) is 2.96. The van der Waals surface area contributed by atoms with Crippen LogP contribution >= 0.6 is 0 Å². The molecule has 0 heterocycles. The molecule has 0 radical (unpaired) electrons. The van der Waals surface area contributed by atoms with Gasteiger partial charge in [-0.1, -0.05) is 37.5 Å². The molecule has 1 atom stereocenters. The lowest BCUT2D eigenvalue weighted by atomic mass is 9.90. The second kappa shape index (κ2) is 7.68. The molecule has 0 saturated heterocycles. The second-order valence-corrected chi connectivity index (χ2v) is 5.95. The van der Waals surface area contributed by atoms with E-state index >= 15 is 0 Å². The first kappa shape index (κ1) is 15.4. The fraction of sp³-hybridized carbons (Fsp3) is 0.667. The molecule has 1 aromatic rings. The summed E-state index contributed by atoms with van der Waals surface area (Å²) in [5.41, 5.74) is 2.69. The van der Waals surface area contributed by atoms with Gasteiger partial charge in [0.25, 0.3) is 0 Å². The number of benzene rings is 1. The summed E-state index contributed by atoms with van der Waals surface area (Å²) in [4.78, 5) is 0. The van der Waals surface area contributed by atoms with E-state index in [1.807, 2.05) is 0 Å². The van der Waals surface area contributed by atoms with Gasteiger partial charge < -0.3 is 10.1 Å². The smallest absolute Gasteiger partial charge is 0.124 e. The van der Waals surface area contributed by atoms with Crippen LogP contribution in [-0.4, -0.2) is 13.2 Å². The van der Waals surface area contributed by atoms with Crippen LogP contribution in [0.5, 0.6) is 5.75 Å². The number of hydrogen-bond donors (Lipinski definition) is 1. The maximum Gasteiger partial charge on any atom is 0.124 e. The molecule has 0 aromatic heterocycles. The number of nitrogens with one attached hydrogen (secondary N) is 1. The highest BCUT2D eigenvalue weighted by Crippen LogP contribution is 2.39. The molecular weight excluding hydrogens is 246 g/mol. The monoisotopic (exact) mass is 275 g/mol. The van der Waals surface area contributed by atoms with Gasteiger partial charge in [0.05, 0.1) is 6.61 Å². The maximum atomic E-state index is 5.87. The molecule has 1 aliphatic carbocycles. The zero-order chi connectivity index (χ0) is 14.4. The molecule has 112 valence electrons. The SMILES string of the molecule is CCCNC(c1cc(C)ccc1OCC)C1CCCC1. The Morgan fingerprint density at radius 1 is 1.25 bits per heavy atom. The van der Waals surface area contributed by atoms with Crippen LogP contribution in [0.3, 0.4) is 0 Å². The fourth-order valence-corrected chi connectivity index (χ4v) is 3.32. The van der Waals surface area contributed by atoms with Crippen molar-refractivity contribution in [2.75, 3.05) is 13.2 Å². The molecular formula is C18H29NO. The molecule has 1 fully saturated rings. The van der Waals surface area contributed by atoms with Crippen LogP contribution < -0.4 is 10.1 Å². The van der Waals surface area contributed by atoms with Crippen LogP contribution in [0.4, 0.5) is 0 Å². The molecule has 1 aliphatic rings. The van der Waals surface area contributed by atoms with Crippen LogP contribution in [0.25, 0.3) is 0 Å². The molecule has 0 bridgehead atoms. The van der Waals surface area contributed by atoms with E-state index in [4.69, 9.17) is 4.74 Å². The third kappa shape index (κ3) is 3.76. The highest BCUT2D eigenvalue weighted by molar-refractivity contribution is 5.39. The average molecular weight is 275 g/mol. The molecule has 0 aliphatic heterocycles. The second-order valence-electron chi connectivity index (χ2n) is 5.95. The van der Waals surface area contributed by atoms with Crippen LogP contribution in [0.1, 0.15) is 63.1 Å². The number of hydrogen-bond acceptors (Lipinski definition) is 2. The van der Waals surface area contributed by atoms with Crippen LogP contribution in [0, 0.1) is 12.8 Å². The predicted molar refractivity (Wildman–Crippen MR) is 85.3 cm³/mol. The topological polar surface area (TPSA) is 21.3 Å². The summed E-state index contributed by atoms with van der Waals surface area (Å²) in [6.07, 6.45) is 6.64. The van der Waals surface area contributed by atoms with Gasteiger partial charge in [-0.3, -0.25) is 0 Å². The Kier molecular flexibility index (Phi) is 5.90.